The summed E-state index contributed by atoms with van der Waals surface area (Å²) in [5.74, 6) is 0.645. The molecule has 3 heterocycles. The number of hydrogen-bond acceptors (Lipinski definition) is 4. The number of benzene rings is 8. The first-order valence-electron chi connectivity index (χ1n) is 17.8. The van der Waals surface area contributed by atoms with E-state index in [1.54, 1.807) is 11.3 Å². The minimum atomic E-state index is -0.233. The molecule has 11 rings (SSSR count). The minimum absolute atomic E-state index is 0.233. The second-order valence-electron chi connectivity index (χ2n) is 13.2. The highest BCUT2D eigenvalue weighted by molar-refractivity contribution is 7.26. The lowest BCUT2D eigenvalue weighted by Gasteiger charge is -2.39. The third kappa shape index (κ3) is 4.19. The molecule has 51 heavy (non-hydrogen) atoms. The number of anilines is 2. The van der Waals surface area contributed by atoms with E-state index < -0.39 is 0 Å². The van der Waals surface area contributed by atoms with Crippen molar-refractivity contribution in [3.8, 4) is 22.4 Å². The van der Waals surface area contributed by atoms with Crippen LogP contribution in [0.15, 0.2) is 170 Å². The summed E-state index contributed by atoms with van der Waals surface area (Å²) in [5, 5.41) is 8.09. The Hall–Kier alpha value is -6.30. The maximum absolute atomic E-state index is 9.04. The summed E-state index contributed by atoms with van der Waals surface area (Å²) in [6, 6.07) is 58.3. The molecule has 0 fully saturated rings. The van der Waals surface area contributed by atoms with Crippen molar-refractivity contribution < 1.29 is 1.37 Å². The van der Waals surface area contributed by atoms with Crippen LogP contribution < -0.4 is 15.7 Å². The maximum atomic E-state index is 9.04. The molecule has 0 N–H and O–H groups in total. The molecule has 5 heteroatoms. The van der Waals surface area contributed by atoms with Crippen molar-refractivity contribution in [2.45, 2.75) is 0 Å². The average Bonchev–Trinajstić information content (AvgIpc) is 3.61. The van der Waals surface area contributed by atoms with Crippen molar-refractivity contribution in [1.82, 2.24) is 9.97 Å². The van der Waals surface area contributed by atoms with Crippen LogP contribution in [0.4, 0.5) is 11.6 Å². The van der Waals surface area contributed by atoms with Crippen molar-refractivity contribution in [2.75, 3.05) is 4.81 Å². The highest BCUT2D eigenvalue weighted by Gasteiger charge is 2.42. The Labute approximate surface area is 300 Å². The lowest BCUT2D eigenvalue weighted by molar-refractivity contribution is 1.16. The number of hydrogen-bond donors (Lipinski definition) is 0. The van der Waals surface area contributed by atoms with Gasteiger partial charge in [-0.1, -0.05) is 163 Å². The zero-order chi connectivity index (χ0) is 34.3. The van der Waals surface area contributed by atoms with Crippen molar-refractivity contribution in [1.29, 1.82) is 0 Å². The van der Waals surface area contributed by atoms with Gasteiger partial charge < -0.3 is 4.81 Å². The van der Waals surface area contributed by atoms with Crippen molar-refractivity contribution in [3.63, 3.8) is 0 Å². The molecule has 0 saturated carbocycles. The summed E-state index contributed by atoms with van der Waals surface area (Å²) < 4.78 is 11.2. The molecular formula is C46H28BN3S. The van der Waals surface area contributed by atoms with Crippen LogP contribution in [-0.4, -0.2) is 16.8 Å². The second-order valence-corrected chi connectivity index (χ2v) is 14.2. The summed E-state index contributed by atoms with van der Waals surface area (Å²) in [6.07, 6.45) is 0. The van der Waals surface area contributed by atoms with Crippen molar-refractivity contribution in [3.05, 3.63) is 170 Å². The van der Waals surface area contributed by atoms with E-state index in [0.717, 1.165) is 48.1 Å². The number of para-hydroxylation sites is 1. The summed E-state index contributed by atoms with van der Waals surface area (Å²) in [4.78, 5) is 13.4. The van der Waals surface area contributed by atoms with E-state index in [-0.39, 0.29) is 6.85 Å². The van der Waals surface area contributed by atoms with Gasteiger partial charge in [-0.15, -0.1) is 11.3 Å². The van der Waals surface area contributed by atoms with Gasteiger partial charge in [0.15, 0.2) is 0 Å². The molecule has 0 bridgehead atoms. The van der Waals surface area contributed by atoms with Crippen molar-refractivity contribution >= 4 is 93.4 Å². The molecule has 1 aliphatic heterocycles. The van der Waals surface area contributed by atoms with Gasteiger partial charge in [-0.25, -0.2) is 9.97 Å². The number of thiophene rings is 1. The van der Waals surface area contributed by atoms with E-state index in [0.29, 0.717) is 12.0 Å². The first kappa shape index (κ1) is 27.5. The summed E-state index contributed by atoms with van der Waals surface area (Å²) in [7, 11) is 0. The number of nitrogens with zero attached hydrogens (tertiary/aromatic N) is 3. The second kappa shape index (κ2) is 11.1. The predicted molar refractivity (Wildman–Crippen MR) is 218 cm³/mol. The van der Waals surface area contributed by atoms with Crippen LogP contribution in [0.2, 0.25) is 0 Å². The third-order valence-electron chi connectivity index (χ3n) is 10.4. The Morgan fingerprint density at radius 3 is 2.06 bits per heavy atom. The van der Waals surface area contributed by atoms with Gasteiger partial charge in [0.2, 0.25) is 5.95 Å². The van der Waals surface area contributed by atoms with Crippen LogP contribution in [0.3, 0.4) is 0 Å². The van der Waals surface area contributed by atoms with Crippen LogP contribution in [0.1, 0.15) is 1.37 Å². The molecular weight excluding hydrogens is 637 g/mol. The topological polar surface area (TPSA) is 29.0 Å². The molecule has 2 aromatic heterocycles. The third-order valence-corrected chi connectivity index (χ3v) is 11.6. The van der Waals surface area contributed by atoms with E-state index in [1.807, 2.05) is 18.2 Å². The molecule has 3 nitrogen and oxygen atoms in total. The van der Waals surface area contributed by atoms with Crippen LogP contribution >= 0.6 is 11.3 Å². The fourth-order valence-electron chi connectivity index (χ4n) is 8.29. The molecule has 0 radical (unpaired) electrons. The largest absolute Gasteiger partial charge is 0.344 e. The van der Waals surface area contributed by atoms with Crippen LogP contribution in [0, 0.1) is 0 Å². The Kier molecular flexibility index (Phi) is 5.99. The highest BCUT2D eigenvalue weighted by atomic mass is 32.1. The quantitative estimate of drug-likeness (QED) is 0.176. The van der Waals surface area contributed by atoms with Crippen LogP contribution in [0.25, 0.3) is 75.0 Å². The SMILES string of the molecule is [2H]c1cccc2c1sc1c3c(c4ccccc4c12)-c1c(ccc2ccccc12)B(c1ccccc1)N3c1nc(-c2ccccc2)c2ccccc2n1. The molecule has 8 aromatic carbocycles. The maximum Gasteiger partial charge on any atom is 0.332 e. The van der Waals surface area contributed by atoms with E-state index in [4.69, 9.17) is 11.3 Å². The summed E-state index contributed by atoms with van der Waals surface area (Å²) in [5.41, 5.74) is 8.72. The molecule has 1 aliphatic rings. The molecule has 0 saturated heterocycles. The zero-order valence-electron chi connectivity index (χ0n) is 28.4. The molecule has 0 spiro atoms. The van der Waals surface area contributed by atoms with Crippen LogP contribution in [0.5, 0.6) is 0 Å². The molecule has 236 valence electrons. The lowest BCUT2D eigenvalue weighted by atomic mass is 9.45. The van der Waals surface area contributed by atoms with E-state index >= 15 is 0 Å². The zero-order valence-corrected chi connectivity index (χ0v) is 28.2. The monoisotopic (exact) mass is 666 g/mol. The van der Waals surface area contributed by atoms with Gasteiger partial charge in [0, 0.05) is 32.0 Å². The van der Waals surface area contributed by atoms with Crippen LogP contribution in [-0.2, 0) is 0 Å². The molecule has 10 aromatic rings. The van der Waals surface area contributed by atoms with Gasteiger partial charge in [0.1, 0.15) is 0 Å². The number of fused-ring (bicyclic) bond motifs is 13. The smallest absolute Gasteiger partial charge is 0.332 e. The molecule has 0 aliphatic carbocycles. The predicted octanol–water partition coefficient (Wildman–Crippen LogP) is 10.9. The fraction of sp³-hybridized carbons (Fsp3) is 0. The Balaban J connectivity index is 1.38. The first-order valence-corrected chi connectivity index (χ1v) is 18.1. The fourth-order valence-corrected chi connectivity index (χ4v) is 9.52. The normalized spacial score (nSPS) is 12.9. The van der Waals surface area contributed by atoms with Gasteiger partial charge in [0.05, 0.1) is 23.0 Å². The Morgan fingerprint density at radius 1 is 0.549 bits per heavy atom. The van der Waals surface area contributed by atoms with E-state index in [2.05, 4.69) is 150 Å². The lowest BCUT2D eigenvalue weighted by Crippen LogP contribution is -2.58. The van der Waals surface area contributed by atoms with E-state index in [9.17, 15) is 0 Å². The van der Waals surface area contributed by atoms with Gasteiger partial charge in [-0.2, -0.15) is 0 Å². The standard InChI is InChI=1S/C46H28BN3S/c1-3-16-30(17-4-1)43-35-23-11-13-25-38(35)48-46(49-43)50-44-42(34-22-10-9-21-33(34)40-36-24-12-14-26-39(36)51-45(40)44)41-32-20-8-7-15-29(32)27-28-37(41)47(50)31-18-5-2-6-19-31/h1-28H/i26D. The van der Waals surface area contributed by atoms with Gasteiger partial charge in [-0.05, 0) is 44.7 Å². The Bertz CT molecular complexity index is 3050. The summed E-state index contributed by atoms with van der Waals surface area (Å²) >= 11 is 1.71. The van der Waals surface area contributed by atoms with Crippen molar-refractivity contribution in [2.24, 2.45) is 0 Å². The molecule has 0 amide bonds. The van der Waals surface area contributed by atoms with Gasteiger partial charge >= 0.3 is 6.85 Å². The Morgan fingerprint density at radius 2 is 1.22 bits per heavy atom. The number of aromatic nitrogens is 2. The summed E-state index contributed by atoms with van der Waals surface area (Å²) in [6.45, 7) is -0.233. The van der Waals surface area contributed by atoms with Gasteiger partial charge in [0.25, 0.3) is 0 Å². The average molecular weight is 667 g/mol. The molecule has 0 unspecified atom stereocenters. The van der Waals surface area contributed by atoms with E-state index in [1.165, 1.54) is 43.5 Å². The highest BCUT2D eigenvalue weighted by Crippen LogP contribution is 2.54. The first-order chi connectivity index (χ1) is 25.7. The minimum Gasteiger partial charge on any atom is -0.344 e. The molecule has 0 atom stereocenters. The van der Waals surface area contributed by atoms with Gasteiger partial charge in [-0.3, -0.25) is 0 Å². The number of rotatable bonds is 3.